The summed E-state index contributed by atoms with van der Waals surface area (Å²) in [5.74, 6) is 0.920. The van der Waals surface area contributed by atoms with Gasteiger partial charge in [-0.1, -0.05) is 0 Å². The van der Waals surface area contributed by atoms with Gasteiger partial charge in [0, 0.05) is 27.1 Å². The quantitative estimate of drug-likeness (QED) is 0.665. The summed E-state index contributed by atoms with van der Waals surface area (Å²) in [7, 11) is 0.679. The van der Waals surface area contributed by atoms with Crippen molar-refractivity contribution in [3.8, 4) is 0 Å². The molecule has 0 saturated carbocycles. The van der Waals surface area contributed by atoms with Crippen LogP contribution in [-0.2, 0) is 14.6 Å². The van der Waals surface area contributed by atoms with E-state index in [-0.39, 0.29) is 11.8 Å². The summed E-state index contributed by atoms with van der Waals surface area (Å²) in [6.45, 7) is 1.31. The summed E-state index contributed by atoms with van der Waals surface area (Å²) in [5, 5.41) is 3.14. The SMILES string of the molecule is CN(C)C(=O)CCNCC1CCS(=O)(=O)C1. The molecular formula is C10H20N2O3S. The van der Waals surface area contributed by atoms with Crippen molar-refractivity contribution >= 4 is 15.7 Å². The fraction of sp³-hybridized carbons (Fsp3) is 0.900. The highest BCUT2D eigenvalue weighted by Gasteiger charge is 2.27. The van der Waals surface area contributed by atoms with Gasteiger partial charge in [0.15, 0.2) is 9.84 Å². The monoisotopic (exact) mass is 248 g/mol. The van der Waals surface area contributed by atoms with Gasteiger partial charge in [-0.25, -0.2) is 8.42 Å². The van der Waals surface area contributed by atoms with Crippen molar-refractivity contribution in [1.82, 2.24) is 10.2 Å². The van der Waals surface area contributed by atoms with E-state index >= 15 is 0 Å². The van der Waals surface area contributed by atoms with E-state index in [9.17, 15) is 13.2 Å². The Labute approximate surface area is 97.1 Å². The van der Waals surface area contributed by atoms with Crippen molar-refractivity contribution in [2.75, 3.05) is 38.7 Å². The molecule has 1 atom stereocenters. The van der Waals surface area contributed by atoms with E-state index in [4.69, 9.17) is 0 Å². The second kappa shape index (κ2) is 5.63. The molecule has 0 aromatic carbocycles. The van der Waals surface area contributed by atoms with Crippen molar-refractivity contribution in [1.29, 1.82) is 0 Å². The second-order valence-electron chi connectivity index (χ2n) is 4.51. The van der Waals surface area contributed by atoms with Gasteiger partial charge >= 0.3 is 0 Å². The molecule has 16 heavy (non-hydrogen) atoms. The van der Waals surface area contributed by atoms with Gasteiger partial charge in [0.25, 0.3) is 0 Å². The third-order valence-corrected chi connectivity index (χ3v) is 4.61. The topological polar surface area (TPSA) is 66.5 Å². The summed E-state index contributed by atoms with van der Waals surface area (Å²) >= 11 is 0. The lowest BCUT2D eigenvalue weighted by atomic mass is 10.1. The van der Waals surface area contributed by atoms with E-state index in [0.29, 0.717) is 31.0 Å². The summed E-state index contributed by atoms with van der Waals surface area (Å²) in [6, 6.07) is 0. The van der Waals surface area contributed by atoms with E-state index in [0.717, 1.165) is 6.42 Å². The highest BCUT2D eigenvalue weighted by molar-refractivity contribution is 7.91. The first kappa shape index (κ1) is 13.4. The van der Waals surface area contributed by atoms with Crippen LogP contribution in [0.2, 0.25) is 0 Å². The predicted octanol–water partition coefficient (Wildman–Crippen LogP) is -0.511. The Morgan fingerprint density at radius 1 is 1.44 bits per heavy atom. The Balaban J connectivity index is 2.11. The van der Waals surface area contributed by atoms with Crippen molar-refractivity contribution in [3.63, 3.8) is 0 Å². The van der Waals surface area contributed by atoms with Crippen LogP contribution in [0.1, 0.15) is 12.8 Å². The van der Waals surface area contributed by atoms with Crippen molar-refractivity contribution in [2.24, 2.45) is 5.92 Å². The molecule has 0 spiro atoms. The van der Waals surface area contributed by atoms with Crippen LogP contribution in [0.15, 0.2) is 0 Å². The van der Waals surface area contributed by atoms with E-state index in [1.807, 2.05) is 0 Å². The van der Waals surface area contributed by atoms with Crippen LogP contribution in [-0.4, -0.2) is 57.9 Å². The van der Waals surface area contributed by atoms with Gasteiger partial charge in [-0.05, 0) is 18.9 Å². The van der Waals surface area contributed by atoms with Gasteiger partial charge < -0.3 is 10.2 Å². The van der Waals surface area contributed by atoms with Gasteiger partial charge in [0.2, 0.25) is 5.91 Å². The van der Waals surface area contributed by atoms with E-state index < -0.39 is 9.84 Å². The number of carbonyl (C=O) groups excluding carboxylic acids is 1. The molecule has 1 fully saturated rings. The van der Waals surface area contributed by atoms with Gasteiger partial charge in [-0.3, -0.25) is 4.79 Å². The van der Waals surface area contributed by atoms with Crippen LogP contribution in [0, 0.1) is 5.92 Å². The second-order valence-corrected chi connectivity index (χ2v) is 6.74. The average molecular weight is 248 g/mol. The van der Waals surface area contributed by atoms with Crippen molar-refractivity contribution in [2.45, 2.75) is 12.8 Å². The molecule has 1 N–H and O–H groups in total. The number of amides is 1. The Bertz CT molecular complexity index is 338. The van der Waals surface area contributed by atoms with Gasteiger partial charge in [0.1, 0.15) is 0 Å². The molecule has 0 aromatic heterocycles. The molecule has 1 rings (SSSR count). The van der Waals surface area contributed by atoms with Crippen molar-refractivity contribution < 1.29 is 13.2 Å². The Morgan fingerprint density at radius 3 is 2.62 bits per heavy atom. The van der Waals surface area contributed by atoms with Crippen LogP contribution < -0.4 is 5.32 Å². The first-order valence-corrected chi connectivity index (χ1v) is 7.34. The maximum absolute atomic E-state index is 11.2. The zero-order valence-electron chi connectivity index (χ0n) is 9.90. The van der Waals surface area contributed by atoms with Gasteiger partial charge in [-0.2, -0.15) is 0 Å². The lowest BCUT2D eigenvalue weighted by molar-refractivity contribution is -0.128. The Hall–Kier alpha value is -0.620. The van der Waals surface area contributed by atoms with Gasteiger partial charge in [-0.15, -0.1) is 0 Å². The third-order valence-electron chi connectivity index (χ3n) is 2.77. The van der Waals surface area contributed by atoms with E-state index in [1.54, 1.807) is 19.0 Å². The minimum atomic E-state index is -2.78. The largest absolute Gasteiger partial charge is 0.349 e. The molecule has 1 unspecified atom stereocenters. The van der Waals surface area contributed by atoms with Gasteiger partial charge in [0.05, 0.1) is 11.5 Å². The Morgan fingerprint density at radius 2 is 2.12 bits per heavy atom. The summed E-state index contributed by atoms with van der Waals surface area (Å²) in [6.07, 6.45) is 1.21. The number of nitrogens with one attached hydrogen (secondary N) is 1. The molecule has 6 heteroatoms. The number of carbonyl (C=O) groups is 1. The molecule has 0 aliphatic carbocycles. The van der Waals surface area contributed by atoms with Crippen LogP contribution in [0.25, 0.3) is 0 Å². The summed E-state index contributed by atoms with van der Waals surface area (Å²) in [5.41, 5.74) is 0. The molecule has 1 aliphatic rings. The summed E-state index contributed by atoms with van der Waals surface area (Å²) < 4.78 is 22.4. The number of nitrogens with zero attached hydrogens (tertiary/aromatic N) is 1. The highest BCUT2D eigenvalue weighted by Crippen LogP contribution is 2.17. The molecule has 1 heterocycles. The molecule has 0 aromatic rings. The molecule has 1 aliphatic heterocycles. The smallest absolute Gasteiger partial charge is 0.223 e. The number of rotatable bonds is 5. The number of hydrogen-bond acceptors (Lipinski definition) is 4. The minimum Gasteiger partial charge on any atom is -0.349 e. The fourth-order valence-electron chi connectivity index (χ4n) is 1.76. The minimum absolute atomic E-state index is 0.0894. The molecule has 1 saturated heterocycles. The van der Waals surface area contributed by atoms with Crippen LogP contribution in [0.4, 0.5) is 0 Å². The molecule has 94 valence electrons. The van der Waals surface area contributed by atoms with Crippen LogP contribution >= 0.6 is 0 Å². The van der Waals surface area contributed by atoms with E-state index in [1.165, 1.54) is 0 Å². The number of hydrogen-bond donors (Lipinski definition) is 1. The fourth-order valence-corrected chi connectivity index (χ4v) is 3.62. The zero-order valence-corrected chi connectivity index (χ0v) is 10.7. The molecule has 0 radical (unpaired) electrons. The lowest BCUT2D eigenvalue weighted by Gasteiger charge is -2.12. The van der Waals surface area contributed by atoms with Crippen LogP contribution in [0.3, 0.4) is 0 Å². The normalized spacial score (nSPS) is 23.2. The summed E-state index contributed by atoms with van der Waals surface area (Å²) in [4.78, 5) is 12.8. The first-order valence-electron chi connectivity index (χ1n) is 5.52. The molecule has 1 amide bonds. The highest BCUT2D eigenvalue weighted by atomic mass is 32.2. The van der Waals surface area contributed by atoms with E-state index in [2.05, 4.69) is 5.32 Å². The maximum Gasteiger partial charge on any atom is 0.223 e. The molecule has 0 bridgehead atoms. The molecular weight excluding hydrogens is 228 g/mol. The first-order chi connectivity index (χ1) is 7.41. The Kier molecular flexibility index (Phi) is 4.73. The maximum atomic E-state index is 11.2. The standard InChI is InChI=1S/C10H20N2O3S/c1-12(2)10(13)3-5-11-7-9-4-6-16(14,15)8-9/h9,11H,3-8H2,1-2H3. The molecule has 5 nitrogen and oxygen atoms in total. The lowest BCUT2D eigenvalue weighted by Crippen LogP contribution is -2.29. The average Bonchev–Trinajstić information content (AvgIpc) is 2.52. The number of sulfone groups is 1. The third kappa shape index (κ3) is 4.49. The van der Waals surface area contributed by atoms with Crippen LogP contribution in [0.5, 0.6) is 0 Å². The predicted molar refractivity (Wildman–Crippen MR) is 62.9 cm³/mol. The zero-order chi connectivity index (χ0) is 12.2. The van der Waals surface area contributed by atoms with Crippen molar-refractivity contribution in [3.05, 3.63) is 0 Å².